The maximum Gasteiger partial charge on any atom is 0.191 e. The molecule has 126 valence electrons. The molecule has 1 aromatic carbocycles. The molecule has 3 rings (SSSR count). The minimum absolute atomic E-state index is 0.214. The summed E-state index contributed by atoms with van der Waals surface area (Å²) in [6, 6.07) is 8.29. The number of ether oxygens (including phenoxy) is 1. The van der Waals surface area contributed by atoms with Crippen LogP contribution >= 0.6 is 11.6 Å². The SMILES string of the molecule is CN=C(NCC1CCCO1)NCC1(c2ccc(Cl)cc2)CCC1. The highest BCUT2D eigenvalue weighted by Crippen LogP contribution is 2.43. The average molecular weight is 336 g/mol. The summed E-state index contributed by atoms with van der Waals surface area (Å²) in [5.41, 5.74) is 1.58. The van der Waals surface area contributed by atoms with Gasteiger partial charge in [-0.3, -0.25) is 4.99 Å². The van der Waals surface area contributed by atoms with Crippen LogP contribution in [0.15, 0.2) is 29.3 Å². The summed E-state index contributed by atoms with van der Waals surface area (Å²) in [4.78, 5) is 4.34. The van der Waals surface area contributed by atoms with E-state index in [1.54, 1.807) is 0 Å². The molecule has 1 aliphatic carbocycles. The first kappa shape index (κ1) is 16.6. The summed E-state index contributed by atoms with van der Waals surface area (Å²) < 4.78 is 5.65. The van der Waals surface area contributed by atoms with E-state index in [2.05, 4.69) is 27.8 Å². The normalized spacial score (nSPS) is 23.4. The largest absolute Gasteiger partial charge is 0.376 e. The van der Waals surface area contributed by atoms with Crippen LogP contribution in [0.4, 0.5) is 0 Å². The van der Waals surface area contributed by atoms with E-state index in [0.29, 0.717) is 6.10 Å². The highest BCUT2D eigenvalue weighted by molar-refractivity contribution is 6.30. The first-order chi connectivity index (χ1) is 11.2. The molecule has 2 aliphatic rings. The molecule has 1 saturated heterocycles. The van der Waals surface area contributed by atoms with Gasteiger partial charge >= 0.3 is 0 Å². The third kappa shape index (κ3) is 3.99. The van der Waals surface area contributed by atoms with Crippen LogP contribution in [0, 0.1) is 0 Å². The minimum Gasteiger partial charge on any atom is -0.376 e. The van der Waals surface area contributed by atoms with Crippen LogP contribution in [-0.4, -0.2) is 38.8 Å². The summed E-state index contributed by atoms with van der Waals surface area (Å²) >= 11 is 6.02. The van der Waals surface area contributed by atoms with Gasteiger partial charge in [0.15, 0.2) is 5.96 Å². The molecule has 0 spiro atoms. The Kier molecular flexibility index (Phi) is 5.44. The highest BCUT2D eigenvalue weighted by atomic mass is 35.5. The van der Waals surface area contributed by atoms with E-state index >= 15 is 0 Å². The highest BCUT2D eigenvalue weighted by Gasteiger charge is 2.38. The van der Waals surface area contributed by atoms with Gasteiger partial charge < -0.3 is 15.4 Å². The van der Waals surface area contributed by atoms with Crippen molar-refractivity contribution in [2.24, 2.45) is 4.99 Å². The molecule has 5 heteroatoms. The van der Waals surface area contributed by atoms with Gasteiger partial charge in [-0.15, -0.1) is 0 Å². The predicted octanol–water partition coefficient (Wildman–Crippen LogP) is 3.11. The number of hydrogen-bond donors (Lipinski definition) is 2. The molecule has 1 aliphatic heterocycles. The standard InChI is InChI=1S/C18H26ClN3O/c1-20-17(21-12-16-4-2-11-23-16)22-13-18(9-3-10-18)14-5-7-15(19)8-6-14/h5-8,16H,2-4,9-13H2,1H3,(H2,20,21,22). The molecular formula is C18H26ClN3O. The Hall–Kier alpha value is -1.26. The molecule has 23 heavy (non-hydrogen) atoms. The Bertz CT molecular complexity index is 534. The van der Waals surface area contributed by atoms with E-state index in [1.165, 1.54) is 24.8 Å². The first-order valence-electron chi connectivity index (χ1n) is 8.54. The van der Waals surface area contributed by atoms with Crippen LogP contribution in [0.3, 0.4) is 0 Å². The summed E-state index contributed by atoms with van der Waals surface area (Å²) in [5, 5.41) is 7.68. The lowest BCUT2D eigenvalue weighted by atomic mass is 9.64. The van der Waals surface area contributed by atoms with E-state index in [9.17, 15) is 0 Å². The summed E-state index contributed by atoms with van der Waals surface area (Å²) in [6.07, 6.45) is 6.33. The van der Waals surface area contributed by atoms with Gasteiger partial charge in [-0.05, 0) is 43.4 Å². The van der Waals surface area contributed by atoms with Gasteiger partial charge in [0.05, 0.1) is 6.10 Å². The van der Waals surface area contributed by atoms with E-state index in [0.717, 1.165) is 43.5 Å². The second-order valence-electron chi connectivity index (χ2n) is 6.58. The summed E-state index contributed by atoms with van der Waals surface area (Å²) in [5.74, 6) is 0.862. The molecule has 0 aromatic heterocycles. The molecule has 1 aromatic rings. The quantitative estimate of drug-likeness (QED) is 0.642. The molecule has 0 amide bonds. The fraction of sp³-hybridized carbons (Fsp3) is 0.611. The third-order valence-corrected chi connectivity index (χ3v) is 5.36. The molecule has 2 N–H and O–H groups in total. The second kappa shape index (κ2) is 7.54. The zero-order chi connectivity index (χ0) is 16.1. The molecule has 0 radical (unpaired) electrons. The Morgan fingerprint density at radius 3 is 2.61 bits per heavy atom. The number of halogens is 1. The number of nitrogens with zero attached hydrogens (tertiary/aromatic N) is 1. The predicted molar refractivity (Wildman–Crippen MR) is 95.3 cm³/mol. The number of guanidine groups is 1. The number of nitrogens with one attached hydrogen (secondary N) is 2. The van der Waals surface area contributed by atoms with Crippen molar-refractivity contribution in [3.05, 3.63) is 34.9 Å². The van der Waals surface area contributed by atoms with Crippen LogP contribution in [0.5, 0.6) is 0 Å². The van der Waals surface area contributed by atoms with Crippen LogP contribution in [0.2, 0.25) is 5.02 Å². The monoisotopic (exact) mass is 335 g/mol. The fourth-order valence-electron chi connectivity index (χ4n) is 3.46. The minimum atomic E-state index is 0.214. The smallest absolute Gasteiger partial charge is 0.191 e. The molecule has 1 atom stereocenters. The average Bonchev–Trinajstić information content (AvgIpc) is 3.04. The zero-order valence-corrected chi connectivity index (χ0v) is 14.5. The Labute approximate surface area is 143 Å². The molecule has 0 bridgehead atoms. The van der Waals surface area contributed by atoms with Crippen molar-refractivity contribution in [1.29, 1.82) is 0 Å². The summed E-state index contributed by atoms with van der Waals surface area (Å²) in [7, 11) is 1.82. The molecule has 1 heterocycles. The van der Waals surface area contributed by atoms with Gasteiger partial charge in [-0.25, -0.2) is 0 Å². The lowest BCUT2D eigenvalue weighted by molar-refractivity contribution is 0.113. The van der Waals surface area contributed by atoms with Crippen molar-refractivity contribution in [3.63, 3.8) is 0 Å². The molecular weight excluding hydrogens is 310 g/mol. The van der Waals surface area contributed by atoms with Gasteiger partial charge in [0.25, 0.3) is 0 Å². The van der Waals surface area contributed by atoms with Gasteiger partial charge in [0.2, 0.25) is 0 Å². The Morgan fingerprint density at radius 2 is 2.04 bits per heavy atom. The van der Waals surface area contributed by atoms with Crippen molar-refractivity contribution in [1.82, 2.24) is 10.6 Å². The number of hydrogen-bond acceptors (Lipinski definition) is 2. The van der Waals surface area contributed by atoms with Gasteiger partial charge in [-0.2, -0.15) is 0 Å². The van der Waals surface area contributed by atoms with Crippen molar-refractivity contribution in [3.8, 4) is 0 Å². The number of aliphatic imine (C=N–C) groups is 1. The Morgan fingerprint density at radius 1 is 1.26 bits per heavy atom. The van der Waals surface area contributed by atoms with Crippen molar-refractivity contribution < 1.29 is 4.74 Å². The van der Waals surface area contributed by atoms with E-state index in [1.807, 2.05) is 19.2 Å². The Balaban J connectivity index is 1.55. The zero-order valence-electron chi connectivity index (χ0n) is 13.8. The maximum absolute atomic E-state index is 6.02. The number of benzene rings is 1. The van der Waals surface area contributed by atoms with Crippen LogP contribution in [0.1, 0.15) is 37.7 Å². The van der Waals surface area contributed by atoms with Crippen molar-refractivity contribution >= 4 is 17.6 Å². The van der Waals surface area contributed by atoms with E-state index < -0.39 is 0 Å². The second-order valence-corrected chi connectivity index (χ2v) is 7.02. The van der Waals surface area contributed by atoms with Crippen molar-refractivity contribution in [2.45, 2.75) is 43.6 Å². The van der Waals surface area contributed by atoms with Crippen LogP contribution < -0.4 is 10.6 Å². The van der Waals surface area contributed by atoms with Gasteiger partial charge in [0, 0.05) is 37.2 Å². The van der Waals surface area contributed by atoms with Crippen molar-refractivity contribution in [2.75, 3.05) is 26.7 Å². The molecule has 4 nitrogen and oxygen atoms in total. The van der Waals surface area contributed by atoms with Crippen LogP contribution in [0.25, 0.3) is 0 Å². The molecule has 2 fully saturated rings. The van der Waals surface area contributed by atoms with Crippen LogP contribution in [-0.2, 0) is 10.2 Å². The lowest BCUT2D eigenvalue weighted by Crippen LogP contribution is -2.49. The maximum atomic E-state index is 6.02. The molecule has 1 saturated carbocycles. The number of rotatable bonds is 5. The molecule has 1 unspecified atom stereocenters. The fourth-order valence-corrected chi connectivity index (χ4v) is 3.59. The third-order valence-electron chi connectivity index (χ3n) is 5.11. The first-order valence-corrected chi connectivity index (χ1v) is 8.92. The van der Waals surface area contributed by atoms with E-state index in [4.69, 9.17) is 16.3 Å². The van der Waals surface area contributed by atoms with E-state index in [-0.39, 0.29) is 5.41 Å². The van der Waals surface area contributed by atoms with Gasteiger partial charge in [-0.1, -0.05) is 30.2 Å². The van der Waals surface area contributed by atoms with Gasteiger partial charge in [0.1, 0.15) is 0 Å². The topological polar surface area (TPSA) is 45.7 Å². The lowest BCUT2D eigenvalue weighted by Gasteiger charge is -2.43. The summed E-state index contributed by atoms with van der Waals surface area (Å²) in [6.45, 7) is 2.62.